The van der Waals surface area contributed by atoms with Crippen molar-refractivity contribution >= 4 is 21.7 Å². The summed E-state index contributed by atoms with van der Waals surface area (Å²) in [5, 5.41) is 0. The fourth-order valence-corrected chi connectivity index (χ4v) is 4.29. The lowest BCUT2D eigenvalue weighted by Crippen LogP contribution is -2.49. The number of hydrogen-bond acceptors (Lipinski definition) is 3. The first-order chi connectivity index (χ1) is 14.2. The second-order valence-corrected chi connectivity index (χ2v) is 9.99. The molecule has 1 rings (SSSR count). The molecule has 0 spiro atoms. The smallest absolute Gasteiger partial charge is 0.154 e. The molecule has 0 amide bonds. The number of halogens is 1. The van der Waals surface area contributed by atoms with E-state index in [-0.39, 0.29) is 4.90 Å². The number of rotatable bonds is 15. The van der Waals surface area contributed by atoms with Crippen LogP contribution in [0.1, 0.15) is 90.5 Å². The van der Waals surface area contributed by atoms with Crippen molar-refractivity contribution in [3.63, 3.8) is 0 Å². The minimum absolute atomic E-state index is 0.178. The molecule has 1 aromatic rings. The van der Waals surface area contributed by atoms with Crippen LogP contribution in [0.25, 0.3) is 0 Å². The predicted molar refractivity (Wildman–Crippen MR) is 128 cm³/mol. The van der Waals surface area contributed by atoms with Crippen LogP contribution in [0.5, 0.6) is 0 Å². The Morgan fingerprint density at radius 2 is 1.20 bits per heavy atom. The first kappa shape index (κ1) is 29.4. The van der Waals surface area contributed by atoms with Crippen LogP contribution in [0.4, 0.5) is 0 Å². The second kappa shape index (κ2) is 17.0. The van der Waals surface area contributed by atoms with Crippen LogP contribution in [0.2, 0.25) is 0 Å². The van der Waals surface area contributed by atoms with Gasteiger partial charge in [-0.3, -0.25) is 0 Å². The molecule has 1 aromatic carbocycles. The summed E-state index contributed by atoms with van der Waals surface area (Å²) in [7, 11) is -4.27. The first-order valence-corrected chi connectivity index (χ1v) is 13.6. The molecule has 0 radical (unpaired) electrons. The molecule has 0 aliphatic carbocycles. The lowest BCUT2D eigenvalue weighted by Gasteiger charge is -2.37. The van der Waals surface area contributed by atoms with Gasteiger partial charge in [-0.05, 0) is 51.2 Å². The van der Waals surface area contributed by atoms with E-state index in [0.29, 0.717) is 0 Å². The largest absolute Gasteiger partial charge is 0.744 e. The zero-order valence-corrected chi connectivity index (χ0v) is 21.2. The van der Waals surface area contributed by atoms with Crippen molar-refractivity contribution in [1.29, 1.82) is 0 Å². The van der Waals surface area contributed by atoms with Crippen molar-refractivity contribution in [3.05, 3.63) is 29.8 Å². The summed E-state index contributed by atoms with van der Waals surface area (Å²) >= 11 is 6.36. The highest BCUT2D eigenvalue weighted by molar-refractivity contribution is 7.85. The Kier molecular flexibility index (Phi) is 16.6. The van der Waals surface area contributed by atoms with Crippen LogP contribution in [0, 0.1) is 6.92 Å². The van der Waals surface area contributed by atoms with Crippen LogP contribution >= 0.6 is 11.6 Å². The Morgan fingerprint density at radius 1 is 0.767 bits per heavy atom. The number of hydrogen-bond donors (Lipinski definition) is 0. The molecule has 6 heteroatoms. The lowest BCUT2D eigenvalue weighted by atomic mass is 10.1. The summed E-state index contributed by atoms with van der Waals surface area (Å²) in [6.45, 7) is 12.6. The summed E-state index contributed by atoms with van der Waals surface area (Å²) in [4.78, 5) is -0.178. The molecule has 0 N–H and O–H groups in total. The molecule has 0 aliphatic rings. The van der Waals surface area contributed by atoms with Gasteiger partial charge >= 0.3 is 0 Å². The molecule has 0 fully saturated rings. The monoisotopic (exact) mass is 461 g/mol. The van der Waals surface area contributed by atoms with Crippen LogP contribution in [-0.2, 0) is 10.1 Å². The van der Waals surface area contributed by atoms with Crippen LogP contribution < -0.4 is 0 Å². The van der Waals surface area contributed by atoms with E-state index in [2.05, 4.69) is 20.8 Å². The summed E-state index contributed by atoms with van der Waals surface area (Å²) in [5.41, 5.74) is 0.928. The van der Waals surface area contributed by atoms with E-state index in [1.54, 1.807) is 12.1 Å². The summed E-state index contributed by atoms with van der Waals surface area (Å²) < 4.78 is 32.3. The highest BCUT2D eigenvalue weighted by Gasteiger charge is 2.24. The fourth-order valence-electron chi connectivity index (χ4n) is 3.46. The van der Waals surface area contributed by atoms with Gasteiger partial charge in [0.2, 0.25) is 0 Å². The van der Waals surface area contributed by atoms with Crippen molar-refractivity contribution in [1.82, 2.24) is 0 Å². The van der Waals surface area contributed by atoms with Crippen molar-refractivity contribution in [2.45, 2.75) is 96.8 Å². The zero-order chi connectivity index (χ0) is 22.9. The van der Waals surface area contributed by atoms with E-state index < -0.39 is 10.1 Å². The molecular formula is C24H44ClNO3S. The fraction of sp³-hybridized carbons (Fsp3) is 0.750. The average Bonchev–Trinajstić information content (AvgIpc) is 2.72. The molecule has 0 aliphatic heterocycles. The van der Waals surface area contributed by atoms with Gasteiger partial charge in [-0.2, -0.15) is 0 Å². The van der Waals surface area contributed by atoms with Crippen molar-refractivity contribution < 1.29 is 17.5 Å². The highest BCUT2D eigenvalue weighted by Crippen LogP contribution is 2.17. The molecule has 4 nitrogen and oxygen atoms in total. The maximum Gasteiger partial charge on any atom is 0.154 e. The van der Waals surface area contributed by atoms with Gasteiger partial charge in [-0.25, -0.2) is 8.42 Å². The maximum atomic E-state index is 10.4. The van der Waals surface area contributed by atoms with Gasteiger partial charge in [0.25, 0.3) is 0 Å². The lowest BCUT2D eigenvalue weighted by molar-refractivity contribution is -0.918. The third-order valence-electron chi connectivity index (χ3n) is 5.52. The van der Waals surface area contributed by atoms with Crippen molar-refractivity contribution in [3.8, 4) is 0 Å². The van der Waals surface area contributed by atoms with E-state index in [1.165, 1.54) is 100 Å². The Balaban J connectivity index is 0.000000642. The number of aryl methyl sites for hydroxylation is 1. The molecular weight excluding hydrogens is 418 g/mol. The van der Waals surface area contributed by atoms with Crippen molar-refractivity contribution in [2.75, 3.05) is 25.6 Å². The van der Waals surface area contributed by atoms with Crippen LogP contribution in [0.3, 0.4) is 0 Å². The van der Waals surface area contributed by atoms with Gasteiger partial charge in [0.05, 0.1) is 24.5 Å². The quantitative estimate of drug-likeness (QED) is 0.0941. The number of alkyl halides is 1. The molecule has 176 valence electrons. The van der Waals surface area contributed by atoms with E-state index in [9.17, 15) is 13.0 Å². The predicted octanol–water partition coefficient (Wildman–Crippen LogP) is 6.86. The van der Waals surface area contributed by atoms with Crippen molar-refractivity contribution in [2.24, 2.45) is 0 Å². The summed E-state index contributed by atoms with van der Waals surface area (Å²) in [6.07, 6.45) is 13.5. The zero-order valence-electron chi connectivity index (χ0n) is 19.7. The Bertz CT molecular complexity index is 620. The van der Waals surface area contributed by atoms with Gasteiger partial charge in [0.15, 0.2) is 6.00 Å². The van der Waals surface area contributed by atoms with Crippen LogP contribution in [0.15, 0.2) is 29.2 Å². The number of benzene rings is 1. The van der Waals surface area contributed by atoms with Gasteiger partial charge in [-0.15, -0.1) is 0 Å². The Labute approximate surface area is 191 Å². The molecule has 0 saturated carbocycles. The minimum Gasteiger partial charge on any atom is -0.744 e. The SMILES string of the molecule is CCCCCC[N+](CCl)(CCCC)CCCCCC.Cc1ccc(S(=O)(=O)[O-])cc1. The average molecular weight is 462 g/mol. The van der Waals surface area contributed by atoms with Crippen LogP contribution in [-0.4, -0.2) is 43.1 Å². The van der Waals surface area contributed by atoms with Gasteiger partial charge in [0, 0.05) is 0 Å². The number of quaternary nitrogens is 1. The van der Waals surface area contributed by atoms with E-state index in [4.69, 9.17) is 11.6 Å². The molecule has 0 unspecified atom stereocenters. The second-order valence-electron chi connectivity index (χ2n) is 8.37. The van der Waals surface area contributed by atoms with E-state index in [0.717, 1.165) is 11.6 Å². The third-order valence-corrected chi connectivity index (χ3v) is 6.88. The van der Waals surface area contributed by atoms with E-state index in [1.807, 2.05) is 6.92 Å². The maximum absolute atomic E-state index is 10.4. The highest BCUT2D eigenvalue weighted by atomic mass is 35.5. The third kappa shape index (κ3) is 13.6. The summed E-state index contributed by atoms with van der Waals surface area (Å²) in [5.74, 6) is 0. The first-order valence-electron chi connectivity index (χ1n) is 11.7. The normalized spacial score (nSPS) is 11.8. The minimum atomic E-state index is -4.27. The summed E-state index contributed by atoms with van der Waals surface area (Å²) in [6, 6.07) is 6.60. The molecule has 0 atom stereocenters. The van der Waals surface area contributed by atoms with Gasteiger partial charge < -0.3 is 9.04 Å². The molecule has 30 heavy (non-hydrogen) atoms. The number of unbranched alkanes of at least 4 members (excludes halogenated alkanes) is 7. The Morgan fingerprint density at radius 3 is 1.57 bits per heavy atom. The Hall–Kier alpha value is -0.620. The topological polar surface area (TPSA) is 57.2 Å². The van der Waals surface area contributed by atoms with E-state index >= 15 is 0 Å². The molecule has 0 saturated heterocycles. The number of nitrogens with zero attached hydrogens (tertiary/aromatic N) is 1. The molecule has 0 bridgehead atoms. The molecule has 0 heterocycles. The van der Waals surface area contributed by atoms with Gasteiger partial charge in [0.1, 0.15) is 10.1 Å². The standard InChI is InChI=1S/C17H37ClN.C7H8O3S/c1-4-7-10-12-15-19(17-18,14-9-6-3)16-13-11-8-5-2;1-6-2-4-7(5-3-6)11(8,9)10/h4-17H2,1-3H3;2-5H,1H3,(H,8,9,10)/q+1;/p-1. The molecule has 0 aromatic heterocycles. The van der Waals surface area contributed by atoms with Gasteiger partial charge in [-0.1, -0.05) is 82.2 Å².